The Morgan fingerprint density at radius 2 is 1.94 bits per heavy atom. The molecule has 1 aromatic heterocycles. The van der Waals surface area contributed by atoms with Gasteiger partial charge in [-0.15, -0.1) is 0 Å². The van der Waals surface area contributed by atoms with Crippen molar-refractivity contribution in [2.75, 3.05) is 39.3 Å². The number of nitrogens with two attached hydrogens (primary N) is 1. The smallest absolute Gasteiger partial charge is 0.236 e. The first-order chi connectivity index (χ1) is 15.0. The van der Waals surface area contributed by atoms with Gasteiger partial charge in [-0.3, -0.25) is 24.5 Å². The Hall–Kier alpha value is -2.55. The summed E-state index contributed by atoms with van der Waals surface area (Å²) in [6.07, 6.45) is 4.29. The van der Waals surface area contributed by atoms with Gasteiger partial charge in [-0.05, 0) is 25.0 Å². The van der Waals surface area contributed by atoms with Gasteiger partial charge < -0.3 is 15.4 Å². The summed E-state index contributed by atoms with van der Waals surface area (Å²) in [7, 11) is 0. The van der Waals surface area contributed by atoms with Crippen LogP contribution in [0.15, 0.2) is 36.7 Å². The predicted molar refractivity (Wildman–Crippen MR) is 116 cm³/mol. The number of morpholine rings is 1. The average molecular weight is 444 g/mol. The van der Waals surface area contributed by atoms with Gasteiger partial charge in [0.25, 0.3) is 0 Å². The van der Waals surface area contributed by atoms with Gasteiger partial charge in [-0.25, -0.2) is 0 Å². The Labute approximate surface area is 186 Å². The van der Waals surface area contributed by atoms with Crippen molar-refractivity contribution in [3.05, 3.63) is 47.4 Å². The zero-order chi connectivity index (χ0) is 21.8. The van der Waals surface area contributed by atoms with Crippen molar-refractivity contribution in [3.8, 4) is 11.3 Å². The molecule has 2 aliphatic rings. The van der Waals surface area contributed by atoms with Gasteiger partial charge in [0.1, 0.15) is 6.10 Å². The van der Waals surface area contributed by atoms with Crippen LogP contribution in [-0.2, 0) is 14.3 Å². The minimum absolute atomic E-state index is 0.0674. The fraction of sp³-hybridized carbons (Fsp3) is 0.455. The molecule has 0 radical (unpaired) electrons. The highest BCUT2D eigenvalue weighted by Gasteiger charge is 2.30. The van der Waals surface area contributed by atoms with E-state index in [1.807, 2.05) is 29.2 Å². The van der Waals surface area contributed by atoms with E-state index in [1.165, 1.54) is 0 Å². The summed E-state index contributed by atoms with van der Waals surface area (Å²) in [5, 5.41) is 0.631. The maximum atomic E-state index is 12.8. The van der Waals surface area contributed by atoms with E-state index in [2.05, 4.69) is 14.9 Å². The summed E-state index contributed by atoms with van der Waals surface area (Å²) in [6, 6.07) is 7.50. The number of piperidine rings is 1. The Morgan fingerprint density at radius 3 is 2.68 bits per heavy atom. The minimum Gasteiger partial charge on any atom is -0.369 e. The molecule has 0 spiro atoms. The van der Waals surface area contributed by atoms with Crippen molar-refractivity contribution < 1.29 is 14.3 Å². The Bertz CT molecular complexity index is 948. The Morgan fingerprint density at radius 1 is 1.16 bits per heavy atom. The van der Waals surface area contributed by atoms with Crippen LogP contribution in [0.25, 0.3) is 11.3 Å². The van der Waals surface area contributed by atoms with Gasteiger partial charge in [0.05, 0.1) is 24.5 Å². The van der Waals surface area contributed by atoms with Crippen LogP contribution < -0.4 is 5.73 Å². The standard InChI is InChI=1S/C22H26ClN5O3/c23-17-3-1-2-16(12-17)20-21(26-7-6-25-20)18-13-27(10-11-31-18)14-19(29)28-8-4-15(5-9-28)22(24)30/h1-3,6-7,12,15,18H,4-5,8-11,13-14H2,(H2,24,30)/t18-/m0/s1. The van der Waals surface area contributed by atoms with Crippen molar-refractivity contribution in [2.24, 2.45) is 11.7 Å². The van der Waals surface area contributed by atoms with Crippen LogP contribution in [0, 0.1) is 5.92 Å². The summed E-state index contributed by atoms with van der Waals surface area (Å²) >= 11 is 6.16. The number of hydrogen-bond donors (Lipinski definition) is 1. The zero-order valence-corrected chi connectivity index (χ0v) is 18.0. The molecule has 1 atom stereocenters. The quantitative estimate of drug-likeness (QED) is 0.757. The lowest BCUT2D eigenvalue weighted by atomic mass is 9.96. The van der Waals surface area contributed by atoms with Crippen LogP contribution in [0.1, 0.15) is 24.6 Å². The molecule has 0 saturated carbocycles. The predicted octanol–water partition coefficient (Wildman–Crippen LogP) is 1.89. The second kappa shape index (κ2) is 9.72. The van der Waals surface area contributed by atoms with Crippen molar-refractivity contribution >= 4 is 23.4 Å². The number of carbonyl (C=O) groups excluding carboxylic acids is 2. The van der Waals surface area contributed by atoms with E-state index in [0.29, 0.717) is 57.2 Å². The Kier molecular flexibility index (Phi) is 6.80. The van der Waals surface area contributed by atoms with Crippen LogP contribution in [0.4, 0.5) is 0 Å². The molecule has 164 valence electrons. The highest BCUT2D eigenvalue weighted by molar-refractivity contribution is 6.30. The summed E-state index contributed by atoms with van der Waals surface area (Å²) in [6.45, 7) is 3.19. The third-order valence-electron chi connectivity index (χ3n) is 5.89. The van der Waals surface area contributed by atoms with E-state index in [4.69, 9.17) is 22.1 Å². The van der Waals surface area contributed by atoms with Crippen LogP contribution in [0.3, 0.4) is 0 Å². The number of carbonyl (C=O) groups is 2. The first-order valence-corrected chi connectivity index (χ1v) is 10.9. The number of benzene rings is 1. The molecule has 9 heteroatoms. The third-order valence-corrected chi connectivity index (χ3v) is 6.12. The first kappa shape index (κ1) is 21.7. The number of ether oxygens (including phenoxy) is 1. The first-order valence-electron chi connectivity index (χ1n) is 10.5. The Balaban J connectivity index is 1.42. The fourth-order valence-electron chi connectivity index (χ4n) is 4.16. The van der Waals surface area contributed by atoms with E-state index in [9.17, 15) is 9.59 Å². The maximum absolute atomic E-state index is 12.8. The third kappa shape index (κ3) is 5.20. The van der Waals surface area contributed by atoms with E-state index < -0.39 is 0 Å². The van der Waals surface area contributed by atoms with E-state index in [-0.39, 0.29) is 23.8 Å². The SMILES string of the molecule is NC(=O)C1CCN(C(=O)CN2CCO[C@H](c3nccnc3-c3cccc(Cl)c3)C2)CC1. The number of halogens is 1. The van der Waals surface area contributed by atoms with Crippen LogP contribution in [-0.4, -0.2) is 70.9 Å². The molecule has 0 bridgehead atoms. The number of primary amides is 1. The van der Waals surface area contributed by atoms with E-state index in [1.54, 1.807) is 12.4 Å². The van der Waals surface area contributed by atoms with Gasteiger partial charge >= 0.3 is 0 Å². The summed E-state index contributed by atoms with van der Waals surface area (Å²) < 4.78 is 6.00. The summed E-state index contributed by atoms with van der Waals surface area (Å²) in [5.41, 5.74) is 7.74. The monoisotopic (exact) mass is 443 g/mol. The molecule has 2 saturated heterocycles. The molecular formula is C22H26ClN5O3. The fourth-order valence-corrected chi connectivity index (χ4v) is 4.35. The number of rotatable bonds is 5. The molecule has 2 amide bonds. The van der Waals surface area contributed by atoms with Gasteiger partial charge in [-0.1, -0.05) is 23.7 Å². The normalized spacial score (nSPS) is 20.5. The molecule has 2 aromatic rings. The molecule has 0 aliphatic carbocycles. The molecule has 1 aromatic carbocycles. The molecule has 3 heterocycles. The van der Waals surface area contributed by atoms with Crippen LogP contribution >= 0.6 is 11.6 Å². The maximum Gasteiger partial charge on any atom is 0.236 e. The summed E-state index contributed by atoms with van der Waals surface area (Å²) in [5.74, 6) is -0.334. The number of hydrogen-bond acceptors (Lipinski definition) is 6. The van der Waals surface area contributed by atoms with Gasteiger partial charge in [0, 0.05) is 55.1 Å². The van der Waals surface area contributed by atoms with E-state index >= 15 is 0 Å². The zero-order valence-electron chi connectivity index (χ0n) is 17.2. The molecule has 2 fully saturated rings. The van der Waals surface area contributed by atoms with Gasteiger partial charge in [-0.2, -0.15) is 0 Å². The van der Waals surface area contributed by atoms with Gasteiger partial charge in [0.15, 0.2) is 0 Å². The molecular weight excluding hydrogens is 418 g/mol. The lowest BCUT2D eigenvalue weighted by Crippen LogP contribution is -2.48. The van der Waals surface area contributed by atoms with Crippen molar-refractivity contribution in [1.29, 1.82) is 0 Å². The second-order valence-corrected chi connectivity index (χ2v) is 8.39. The molecule has 31 heavy (non-hydrogen) atoms. The molecule has 4 rings (SSSR count). The topological polar surface area (TPSA) is 102 Å². The molecule has 2 aliphatic heterocycles. The van der Waals surface area contributed by atoms with E-state index in [0.717, 1.165) is 17.0 Å². The summed E-state index contributed by atoms with van der Waals surface area (Å²) in [4.78, 5) is 37.1. The number of nitrogens with zero attached hydrogens (tertiary/aromatic N) is 4. The second-order valence-electron chi connectivity index (χ2n) is 7.95. The average Bonchev–Trinajstić information content (AvgIpc) is 2.79. The highest BCUT2D eigenvalue weighted by Crippen LogP contribution is 2.30. The van der Waals surface area contributed by atoms with Gasteiger partial charge in [0.2, 0.25) is 11.8 Å². The van der Waals surface area contributed by atoms with Crippen molar-refractivity contribution in [2.45, 2.75) is 18.9 Å². The molecule has 2 N–H and O–H groups in total. The number of aromatic nitrogens is 2. The van der Waals surface area contributed by atoms with Crippen LogP contribution in [0.5, 0.6) is 0 Å². The molecule has 0 unspecified atom stereocenters. The lowest BCUT2D eigenvalue weighted by Gasteiger charge is -2.35. The number of amides is 2. The largest absolute Gasteiger partial charge is 0.369 e. The molecule has 8 nitrogen and oxygen atoms in total. The van der Waals surface area contributed by atoms with Crippen molar-refractivity contribution in [1.82, 2.24) is 19.8 Å². The lowest BCUT2D eigenvalue weighted by molar-refractivity contribution is -0.137. The van der Waals surface area contributed by atoms with Crippen LogP contribution in [0.2, 0.25) is 5.02 Å². The number of likely N-dealkylation sites (tertiary alicyclic amines) is 1. The minimum atomic E-state index is -0.287. The highest BCUT2D eigenvalue weighted by atomic mass is 35.5. The van der Waals surface area contributed by atoms with Crippen molar-refractivity contribution in [3.63, 3.8) is 0 Å².